The van der Waals surface area contributed by atoms with Crippen LogP contribution in [0.25, 0.3) is 0 Å². The first kappa shape index (κ1) is 10.0. The van der Waals surface area contributed by atoms with Crippen molar-refractivity contribution in [3.8, 4) is 0 Å². The van der Waals surface area contributed by atoms with Crippen LogP contribution in [0.1, 0.15) is 18.7 Å². The smallest absolute Gasteiger partial charge is 0.239 e. The number of fused-ring (bicyclic) bond motifs is 1. The predicted octanol–water partition coefficient (Wildman–Crippen LogP) is 1.92. The van der Waals surface area contributed by atoms with Crippen LogP contribution in [0.3, 0.4) is 0 Å². The summed E-state index contributed by atoms with van der Waals surface area (Å²) in [6.07, 6.45) is 1.18. The Balaban J connectivity index is 2.15. The lowest BCUT2D eigenvalue weighted by Crippen LogP contribution is -2.31. The number of nitrogens with zero attached hydrogens (tertiary/aromatic N) is 3. The standard InChI is InChI=1S/C9H9ClN4O/c1-5(10)9(15)12-8-6-3-2-4-11-7(6)13-14-8/h2-5,8H,1H3,(H,12,15)/t5-,8-/m1/s1. The van der Waals surface area contributed by atoms with Gasteiger partial charge in [0, 0.05) is 11.8 Å². The molecule has 0 unspecified atom stereocenters. The quantitative estimate of drug-likeness (QED) is 0.780. The Bertz CT molecular complexity index is 418. The zero-order valence-corrected chi connectivity index (χ0v) is 8.77. The molecule has 0 spiro atoms. The van der Waals surface area contributed by atoms with Gasteiger partial charge in [-0.2, -0.15) is 5.11 Å². The molecule has 1 amide bonds. The second-order valence-corrected chi connectivity index (χ2v) is 3.81. The number of hydrogen-bond donors (Lipinski definition) is 1. The largest absolute Gasteiger partial charge is 0.328 e. The van der Waals surface area contributed by atoms with Crippen LogP contribution in [0.5, 0.6) is 0 Å². The summed E-state index contributed by atoms with van der Waals surface area (Å²) >= 11 is 5.63. The van der Waals surface area contributed by atoms with Crippen molar-refractivity contribution >= 4 is 23.3 Å². The van der Waals surface area contributed by atoms with Gasteiger partial charge in [0.1, 0.15) is 5.38 Å². The highest BCUT2D eigenvalue weighted by molar-refractivity contribution is 6.30. The Hall–Kier alpha value is -1.49. The van der Waals surface area contributed by atoms with E-state index in [0.29, 0.717) is 5.82 Å². The molecule has 0 saturated heterocycles. The molecule has 2 atom stereocenters. The van der Waals surface area contributed by atoms with Gasteiger partial charge in [0.05, 0.1) is 0 Å². The number of pyridine rings is 1. The first-order valence-corrected chi connectivity index (χ1v) is 4.92. The molecule has 15 heavy (non-hydrogen) atoms. The number of aromatic nitrogens is 1. The summed E-state index contributed by atoms with van der Waals surface area (Å²) in [5, 5.41) is 9.83. The van der Waals surface area contributed by atoms with Crippen molar-refractivity contribution < 1.29 is 4.79 Å². The maximum absolute atomic E-state index is 11.3. The normalized spacial score (nSPS) is 19.7. The van der Waals surface area contributed by atoms with Gasteiger partial charge in [0.2, 0.25) is 5.91 Å². The summed E-state index contributed by atoms with van der Waals surface area (Å²) in [4.78, 5) is 15.4. The monoisotopic (exact) mass is 224 g/mol. The molecule has 6 heteroatoms. The number of alkyl halides is 1. The highest BCUT2D eigenvalue weighted by atomic mass is 35.5. The lowest BCUT2D eigenvalue weighted by molar-refractivity contribution is -0.121. The van der Waals surface area contributed by atoms with Crippen molar-refractivity contribution in [2.75, 3.05) is 0 Å². The number of nitrogens with one attached hydrogen (secondary N) is 1. The van der Waals surface area contributed by atoms with Crippen molar-refractivity contribution in [3.05, 3.63) is 23.9 Å². The molecule has 2 rings (SSSR count). The van der Waals surface area contributed by atoms with Crippen LogP contribution in [0.2, 0.25) is 0 Å². The lowest BCUT2D eigenvalue weighted by atomic mass is 10.2. The third-order valence-electron chi connectivity index (χ3n) is 2.02. The fourth-order valence-electron chi connectivity index (χ4n) is 1.24. The van der Waals surface area contributed by atoms with Crippen LogP contribution in [-0.2, 0) is 4.79 Å². The third kappa shape index (κ3) is 1.97. The maximum atomic E-state index is 11.3. The molecule has 1 aliphatic heterocycles. The zero-order chi connectivity index (χ0) is 10.8. The zero-order valence-electron chi connectivity index (χ0n) is 8.01. The van der Waals surface area contributed by atoms with E-state index in [1.807, 2.05) is 6.07 Å². The molecule has 1 aliphatic rings. The SMILES string of the molecule is C[C@@H](Cl)C(=O)N[C@@H]1N=Nc2ncccc21. The van der Waals surface area contributed by atoms with Crippen LogP contribution in [0.4, 0.5) is 5.82 Å². The second-order valence-electron chi connectivity index (χ2n) is 3.16. The van der Waals surface area contributed by atoms with E-state index in [0.717, 1.165) is 5.56 Å². The highest BCUT2D eigenvalue weighted by Gasteiger charge is 2.23. The average Bonchev–Trinajstić information content (AvgIpc) is 2.62. The summed E-state index contributed by atoms with van der Waals surface area (Å²) in [6.45, 7) is 1.60. The Morgan fingerprint density at radius 3 is 3.20 bits per heavy atom. The Labute approximate surface area is 91.6 Å². The average molecular weight is 225 g/mol. The number of amides is 1. The van der Waals surface area contributed by atoms with Crippen LogP contribution in [0.15, 0.2) is 28.6 Å². The minimum atomic E-state index is -0.582. The molecular formula is C9H9ClN4O. The molecule has 0 bridgehead atoms. The van der Waals surface area contributed by atoms with Gasteiger partial charge in [-0.15, -0.1) is 16.7 Å². The number of hydrogen-bond acceptors (Lipinski definition) is 4. The van der Waals surface area contributed by atoms with Gasteiger partial charge in [-0.3, -0.25) is 4.79 Å². The molecule has 0 radical (unpaired) electrons. The number of carbonyl (C=O) groups is 1. The minimum absolute atomic E-state index is 0.266. The molecule has 0 aromatic carbocycles. The van der Waals surface area contributed by atoms with Gasteiger partial charge in [0.25, 0.3) is 0 Å². The Morgan fingerprint density at radius 1 is 1.67 bits per heavy atom. The predicted molar refractivity (Wildman–Crippen MR) is 55.0 cm³/mol. The summed E-state index contributed by atoms with van der Waals surface area (Å²) in [5.41, 5.74) is 0.795. The van der Waals surface area contributed by atoms with Gasteiger partial charge >= 0.3 is 0 Å². The Kier molecular flexibility index (Phi) is 2.64. The molecule has 0 saturated carbocycles. The van der Waals surface area contributed by atoms with Crippen molar-refractivity contribution in [1.82, 2.24) is 10.3 Å². The van der Waals surface area contributed by atoms with E-state index in [9.17, 15) is 4.79 Å². The molecule has 1 N–H and O–H groups in total. The van der Waals surface area contributed by atoms with E-state index in [-0.39, 0.29) is 5.91 Å². The van der Waals surface area contributed by atoms with E-state index < -0.39 is 11.5 Å². The van der Waals surface area contributed by atoms with Crippen molar-refractivity contribution in [2.24, 2.45) is 10.2 Å². The molecule has 1 aromatic heterocycles. The van der Waals surface area contributed by atoms with E-state index in [1.165, 1.54) is 0 Å². The van der Waals surface area contributed by atoms with Crippen LogP contribution in [0, 0.1) is 0 Å². The molecular weight excluding hydrogens is 216 g/mol. The topological polar surface area (TPSA) is 66.7 Å². The van der Waals surface area contributed by atoms with Crippen molar-refractivity contribution in [3.63, 3.8) is 0 Å². The summed E-state index contributed by atoms with van der Waals surface area (Å²) in [5.74, 6) is 0.280. The van der Waals surface area contributed by atoms with Crippen LogP contribution in [-0.4, -0.2) is 16.3 Å². The third-order valence-corrected chi connectivity index (χ3v) is 2.22. The summed E-state index contributed by atoms with van der Waals surface area (Å²) in [6, 6.07) is 3.60. The van der Waals surface area contributed by atoms with Gasteiger partial charge in [0.15, 0.2) is 12.0 Å². The van der Waals surface area contributed by atoms with Gasteiger partial charge < -0.3 is 5.32 Å². The maximum Gasteiger partial charge on any atom is 0.239 e. The van der Waals surface area contributed by atoms with Crippen molar-refractivity contribution in [1.29, 1.82) is 0 Å². The molecule has 0 aliphatic carbocycles. The first-order chi connectivity index (χ1) is 7.18. The molecule has 2 heterocycles. The number of azo groups is 1. The number of rotatable bonds is 2. The van der Waals surface area contributed by atoms with Crippen LogP contribution < -0.4 is 5.32 Å². The van der Waals surface area contributed by atoms with Crippen molar-refractivity contribution in [2.45, 2.75) is 18.5 Å². The second kappa shape index (κ2) is 3.94. The summed E-state index contributed by atoms with van der Waals surface area (Å²) in [7, 11) is 0. The fourth-order valence-corrected chi connectivity index (χ4v) is 1.30. The molecule has 1 aromatic rings. The highest BCUT2D eigenvalue weighted by Crippen LogP contribution is 2.31. The van der Waals surface area contributed by atoms with Crippen LogP contribution >= 0.6 is 11.6 Å². The molecule has 5 nitrogen and oxygen atoms in total. The minimum Gasteiger partial charge on any atom is -0.328 e. The van der Waals surface area contributed by atoms with Gasteiger partial charge in [-0.05, 0) is 19.1 Å². The lowest BCUT2D eigenvalue weighted by Gasteiger charge is -2.10. The van der Waals surface area contributed by atoms with E-state index in [4.69, 9.17) is 11.6 Å². The Morgan fingerprint density at radius 2 is 2.47 bits per heavy atom. The van der Waals surface area contributed by atoms with E-state index in [2.05, 4.69) is 20.5 Å². The van der Waals surface area contributed by atoms with E-state index >= 15 is 0 Å². The summed E-state index contributed by atoms with van der Waals surface area (Å²) < 4.78 is 0. The molecule has 78 valence electrons. The van der Waals surface area contributed by atoms with Gasteiger partial charge in [-0.1, -0.05) is 0 Å². The molecule has 0 fully saturated rings. The van der Waals surface area contributed by atoms with E-state index in [1.54, 1.807) is 19.2 Å². The fraction of sp³-hybridized carbons (Fsp3) is 0.333. The first-order valence-electron chi connectivity index (χ1n) is 4.48. The van der Waals surface area contributed by atoms with Gasteiger partial charge in [-0.25, -0.2) is 4.98 Å². The number of carbonyl (C=O) groups excluding carboxylic acids is 1. The number of halogens is 1.